The molecule has 0 aromatic carbocycles. The van der Waals surface area contributed by atoms with Gasteiger partial charge in [-0.05, 0) is 20.1 Å². The third kappa shape index (κ3) is 4.27. The van der Waals surface area contributed by atoms with Gasteiger partial charge in [0.1, 0.15) is 17.5 Å². The van der Waals surface area contributed by atoms with Crippen molar-refractivity contribution in [2.24, 2.45) is 0 Å². The standard InChI is InChI=1S/C14H26N4S/c1-7-15-13-11(4)14(18(5)8-9-19-6)17-12(16-13)10(2)3/h10H,7-9H2,1-6H3,(H,15,16,17). The molecule has 0 fully saturated rings. The second kappa shape index (κ2) is 7.58. The molecule has 4 nitrogen and oxygen atoms in total. The average molecular weight is 282 g/mol. The molecule has 0 unspecified atom stereocenters. The molecule has 1 aromatic rings. The Hall–Kier alpha value is -0.970. The van der Waals surface area contributed by atoms with Gasteiger partial charge in [-0.25, -0.2) is 9.97 Å². The summed E-state index contributed by atoms with van der Waals surface area (Å²) in [5, 5.41) is 3.34. The van der Waals surface area contributed by atoms with Crippen molar-refractivity contribution in [3.05, 3.63) is 11.4 Å². The molecule has 1 aromatic heterocycles. The van der Waals surface area contributed by atoms with Crippen LogP contribution in [0.5, 0.6) is 0 Å². The summed E-state index contributed by atoms with van der Waals surface area (Å²) in [5.41, 5.74) is 1.13. The van der Waals surface area contributed by atoms with Gasteiger partial charge in [-0.2, -0.15) is 11.8 Å². The molecule has 0 bridgehead atoms. The molecule has 0 aliphatic carbocycles. The number of rotatable bonds is 7. The predicted octanol–water partition coefficient (Wildman–Crippen LogP) is 3.14. The van der Waals surface area contributed by atoms with E-state index in [2.05, 4.69) is 56.2 Å². The molecule has 0 atom stereocenters. The zero-order valence-corrected chi connectivity index (χ0v) is 13.8. The van der Waals surface area contributed by atoms with Gasteiger partial charge in [-0.1, -0.05) is 13.8 Å². The van der Waals surface area contributed by atoms with Crippen LogP contribution in [0.4, 0.5) is 11.6 Å². The maximum absolute atomic E-state index is 4.73. The molecule has 1 N–H and O–H groups in total. The fourth-order valence-corrected chi connectivity index (χ4v) is 2.28. The summed E-state index contributed by atoms with van der Waals surface area (Å²) in [6, 6.07) is 0. The lowest BCUT2D eigenvalue weighted by molar-refractivity contribution is 0.763. The minimum Gasteiger partial charge on any atom is -0.370 e. The lowest BCUT2D eigenvalue weighted by Gasteiger charge is -2.22. The van der Waals surface area contributed by atoms with Crippen LogP contribution in [0.3, 0.4) is 0 Å². The normalized spacial score (nSPS) is 10.9. The van der Waals surface area contributed by atoms with E-state index in [-0.39, 0.29) is 0 Å². The van der Waals surface area contributed by atoms with Crippen LogP contribution in [0.2, 0.25) is 0 Å². The topological polar surface area (TPSA) is 41.1 Å². The number of nitrogens with one attached hydrogen (secondary N) is 1. The summed E-state index contributed by atoms with van der Waals surface area (Å²) in [5.74, 6) is 4.36. The Balaban J connectivity index is 3.13. The first-order valence-corrected chi connectivity index (χ1v) is 8.23. The second-order valence-electron chi connectivity index (χ2n) is 4.98. The zero-order chi connectivity index (χ0) is 14.4. The van der Waals surface area contributed by atoms with Gasteiger partial charge in [0, 0.05) is 37.4 Å². The summed E-state index contributed by atoms with van der Waals surface area (Å²) in [4.78, 5) is 11.6. The number of nitrogens with zero attached hydrogens (tertiary/aromatic N) is 3. The molecule has 108 valence electrons. The van der Waals surface area contributed by atoms with Gasteiger partial charge < -0.3 is 10.2 Å². The first-order chi connectivity index (χ1) is 9.01. The van der Waals surface area contributed by atoms with E-state index < -0.39 is 0 Å². The van der Waals surface area contributed by atoms with Crippen LogP contribution in [0.15, 0.2) is 0 Å². The van der Waals surface area contributed by atoms with Gasteiger partial charge in [0.2, 0.25) is 0 Å². The summed E-state index contributed by atoms with van der Waals surface area (Å²) >= 11 is 1.85. The van der Waals surface area contributed by atoms with Crippen LogP contribution in [-0.2, 0) is 0 Å². The molecule has 0 saturated heterocycles. The lowest BCUT2D eigenvalue weighted by atomic mass is 10.2. The van der Waals surface area contributed by atoms with Crippen molar-refractivity contribution in [3.8, 4) is 0 Å². The molecule has 0 spiro atoms. The second-order valence-corrected chi connectivity index (χ2v) is 5.96. The Morgan fingerprint density at radius 1 is 1.32 bits per heavy atom. The summed E-state index contributed by atoms with van der Waals surface area (Å²) in [7, 11) is 2.10. The highest BCUT2D eigenvalue weighted by Gasteiger charge is 2.15. The van der Waals surface area contributed by atoms with E-state index in [1.807, 2.05) is 11.8 Å². The highest BCUT2D eigenvalue weighted by Crippen LogP contribution is 2.25. The van der Waals surface area contributed by atoms with Crippen molar-refractivity contribution in [2.45, 2.75) is 33.6 Å². The van der Waals surface area contributed by atoms with E-state index in [9.17, 15) is 0 Å². The van der Waals surface area contributed by atoms with Gasteiger partial charge in [-0.15, -0.1) is 0 Å². The predicted molar refractivity (Wildman–Crippen MR) is 86.7 cm³/mol. The van der Waals surface area contributed by atoms with E-state index >= 15 is 0 Å². The van der Waals surface area contributed by atoms with Crippen molar-refractivity contribution in [1.29, 1.82) is 0 Å². The van der Waals surface area contributed by atoms with E-state index in [4.69, 9.17) is 4.98 Å². The van der Waals surface area contributed by atoms with Crippen molar-refractivity contribution in [1.82, 2.24) is 9.97 Å². The number of hydrogen-bond acceptors (Lipinski definition) is 5. The Morgan fingerprint density at radius 3 is 2.53 bits per heavy atom. The summed E-state index contributed by atoms with van der Waals surface area (Å²) in [6.45, 7) is 10.3. The molecule has 0 aliphatic heterocycles. The van der Waals surface area contributed by atoms with E-state index in [1.54, 1.807) is 0 Å². The highest BCUT2D eigenvalue weighted by atomic mass is 32.2. The third-order valence-electron chi connectivity index (χ3n) is 2.99. The molecular weight excluding hydrogens is 256 g/mol. The Labute approximate surface area is 121 Å². The van der Waals surface area contributed by atoms with E-state index in [0.717, 1.165) is 41.9 Å². The molecule has 1 rings (SSSR count). The smallest absolute Gasteiger partial charge is 0.137 e. The number of thioether (sulfide) groups is 1. The summed E-state index contributed by atoms with van der Waals surface area (Å²) in [6.07, 6.45) is 2.13. The van der Waals surface area contributed by atoms with Crippen molar-refractivity contribution < 1.29 is 0 Å². The fraction of sp³-hybridized carbons (Fsp3) is 0.714. The Kier molecular flexibility index (Phi) is 6.42. The lowest BCUT2D eigenvalue weighted by Crippen LogP contribution is -2.24. The van der Waals surface area contributed by atoms with Crippen molar-refractivity contribution in [3.63, 3.8) is 0 Å². The molecule has 5 heteroatoms. The monoisotopic (exact) mass is 282 g/mol. The van der Waals surface area contributed by atoms with Gasteiger partial charge in [-0.3, -0.25) is 0 Å². The van der Waals surface area contributed by atoms with Gasteiger partial charge in [0.25, 0.3) is 0 Å². The van der Waals surface area contributed by atoms with Crippen LogP contribution in [0.25, 0.3) is 0 Å². The minimum atomic E-state index is 0.339. The van der Waals surface area contributed by atoms with Crippen LogP contribution in [0.1, 0.15) is 38.1 Å². The first-order valence-electron chi connectivity index (χ1n) is 6.83. The van der Waals surface area contributed by atoms with E-state index in [1.165, 1.54) is 0 Å². The molecule has 0 radical (unpaired) electrons. The largest absolute Gasteiger partial charge is 0.370 e. The minimum absolute atomic E-state index is 0.339. The highest BCUT2D eigenvalue weighted by molar-refractivity contribution is 7.98. The van der Waals surface area contributed by atoms with Crippen molar-refractivity contribution in [2.75, 3.05) is 42.4 Å². The Bertz CT molecular complexity index is 407. The van der Waals surface area contributed by atoms with Crippen LogP contribution in [-0.4, -0.2) is 42.1 Å². The van der Waals surface area contributed by atoms with Gasteiger partial charge >= 0.3 is 0 Å². The average Bonchev–Trinajstić information content (AvgIpc) is 2.38. The molecule has 0 aliphatic rings. The van der Waals surface area contributed by atoms with Crippen LogP contribution < -0.4 is 10.2 Å². The third-order valence-corrected chi connectivity index (χ3v) is 3.58. The fourth-order valence-electron chi connectivity index (χ4n) is 1.83. The van der Waals surface area contributed by atoms with Gasteiger partial charge in [0.05, 0.1) is 0 Å². The van der Waals surface area contributed by atoms with Crippen LogP contribution >= 0.6 is 11.8 Å². The summed E-state index contributed by atoms with van der Waals surface area (Å²) < 4.78 is 0. The van der Waals surface area contributed by atoms with Crippen molar-refractivity contribution >= 4 is 23.4 Å². The molecule has 19 heavy (non-hydrogen) atoms. The molecular formula is C14H26N4S. The number of anilines is 2. The molecule has 0 saturated carbocycles. The van der Waals surface area contributed by atoms with E-state index in [0.29, 0.717) is 5.92 Å². The maximum atomic E-state index is 4.73. The number of aromatic nitrogens is 2. The molecule has 1 heterocycles. The maximum Gasteiger partial charge on any atom is 0.137 e. The zero-order valence-electron chi connectivity index (χ0n) is 12.9. The SMILES string of the molecule is CCNc1nc(C(C)C)nc(N(C)CCSC)c1C. The number of hydrogen-bond donors (Lipinski definition) is 1. The van der Waals surface area contributed by atoms with Crippen LogP contribution in [0, 0.1) is 6.92 Å². The molecule has 0 amide bonds. The Morgan fingerprint density at radius 2 is 2.00 bits per heavy atom. The first kappa shape index (κ1) is 16.1. The van der Waals surface area contributed by atoms with Gasteiger partial charge in [0.15, 0.2) is 0 Å². The quantitative estimate of drug-likeness (QED) is 0.832.